The Hall–Kier alpha value is -1.82. The van der Waals surface area contributed by atoms with Crippen molar-refractivity contribution < 1.29 is 4.52 Å². The molecule has 1 atom stereocenters. The number of rotatable bonds is 2. The van der Waals surface area contributed by atoms with E-state index in [2.05, 4.69) is 25.4 Å². The minimum absolute atomic E-state index is 0.197. The Bertz CT molecular complexity index is 463. The molecule has 3 rings (SSSR count). The molecule has 6 nitrogen and oxygen atoms in total. The molecule has 1 N–H and O–H groups in total. The van der Waals surface area contributed by atoms with Crippen LogP contribution in [0.1, 0.15) is 24.8 Å². The van der Waals surface area contributed by atoms with Crippen molar-refractivity contribution >= 4 is 0 Å². The van der Waals surface area contributed by atoms with Gasteiger partial charge in [-0.2, -0.15) is 4.98 Å². The van der Waals surface area contributed by atoms with Crippen LogP contribution in [0, 0.1) is 0 Å². The van der Waals surface area contributed by atoms with E-state index in [0.717, 1.165) is 19.4 Å². The number of nitrogens with one attached hydrogen (secondary N) is 1. The molecule has 6 heteroatoms. The quantitative estimate of drug-likeness (QED) is 0.807. The molecule has 0 saturated carbocycles. The second-order valence-electron chi connectivity index (χ2n) is 3.70. The van der Waals surface area contributed by atoms with E-state index in [1.54, 1.807) is 12.3 Å². The monoisotopic (exact) mass is 217 g/mol. The van der Waals surface area contributed by atoms with Gasteiger partial charge in [-0.1, -0.05) is 5.16 Å². The highest BCUT2D eigenvalue weighted by molar-refractivity contribution is 5.46. The van der Waals surface area contributed by atoms with Gasteiger partial charge < -0.3 is 9.84 Å². The lowest BCUT2D eigenvalue weighted by atomic mass is 10.2. The van der Waals surface area contributed by atoms with Crippen molar-refractivity contribution in [1.82, 2.24) is 25.4 Å². The number of hydrogen-bond donors (Lipinski definition) is 1. The Morgan fingerprint density at radius 3 is 3.19 bits per heavy atom. The highest BCUT2D eigenvalue weighted by Crippen LogP contribution is 2.23. The Kier molecular flexibility index (Phi) is 2.34. The van der Waals surface area contributed by atoms with Crippen LogP contribution in [-0.2, 0) is 0 Å². The largest absolute Gasteiger partial charge is 0.337 e. The van der Waals surface area contributed by atoms with E-state index >= 15 is 0 Å². The predicted molar refractivity (Wildman–Crippen MR) is 55.3 cm³/mol. The van der Waals surface area contributed by atoms with Gasteiger partial charge in [0.05, 0.1) is 6.04 Å². The van der Waals surface area contributed by atoms with E-state index in [9.17, 15) is 0 Å². The molecule has 1 aliphatic heterocycles. The van der Waals surface area contributed by atoms with Gasteiger partial charge in [0.25, 0.3) is 0 Å². The standard InChI is InChI=1S/C10H11N5O/c1-2-8(12-4-1)10-14-9(15-16-10)7-3-5-11-6-13-7/h3,5-6,8,12H,1-2,4H2/t8-/m0/s1. The maximum absolute atomic E-state index is 5.22. The molecule has 0 aliphatic carbocycles. The minimum Gasteiger partial charge on any atom is -0.337 e. The molecule has 0 unspecified atom stereocenters. The third-order valence-electron chi connectivity index (χ3n) is 2.61. The summed E-state index contributed by atoms with van der Waals surface area (Å²) < 4.78 is 5.22. The molecule has 1 fully saturated rings. The Morgan fingerprint density at radius 2 is 2.44 bits per heavy atom. The van der Waals surface area contributed by atoms with E-state index in [1.807, 2.05) is 0 Å². The lowest BCUT2D eigenvalue weighted by molar-refractivity contribution is 0.345. The van der Waals surface area contributed by atoms with Gasteiger partial charge in [-0.05, 0) is 25.5 Å². The molecule has 0 aromatic carbocycles. The SMILES string of the molecule is c1cc(-c2noc([C@@H]3CCCN3)n2)ncn1. The van der Waals surface area contributed by atoms with Crippen LogP contribution in [0.15, 0.2) is 23.1 Å². The van der Waals surface area contributed by atoms with Crippen LogP contribution in [0.2, 0.25) is 0 Å². The van der Waals surface area contributed by atoms with Crippen LogP contribution in [-0.4, -0.2) is 26.7 Å². The first-order valence-corrected chi connectivity index (χ1v) is 5.27. The predicted octanol–water partition coefficient (Wildman–Crippen LogP) is 0.951. The van der Waals surface area contributed by atoms with Crippen molar-refractivity contribution in [2.75, 3.05) is 6.54 Å². The average Bonchev–Trinajstić information content (AvgIpc) is 3.01. The molecule has 82 valence electrons. The number of aromatic nitrogens is 4. The lowest BCUT2D eigenvalue weighted by Gasteiger charge is -2.01. The van der Waals surface area contributed by atoms with Gasteiger partial charge in [-0.3, -0.25) is 0 Å². The maximum Gasteiger partial charge on any atom is 0.244 e. The van der Waals surface area contributed by atoms with Crippen molar-refractivity contribution in [3.8, 4) is 11.5 Å². The highest BCUT2D eigenvalue weighted by Gasteiger charge is 2.22. The Balaban J connectivity index is 1.87. The first-order chi connectivity index (χ1) is 7.93. The summed E-state index contributed by atoms with van der Waals surface area (Å²) >= 11 is 0. The first-order valence-electron chi connectivity index (χ1n) is 5.27. The molecule has 1 aliphatic rings. The number of nitrogens with zero attached hydrogens (tertiary/aromatic N) is 4. The van der Waals surface area contributed by atoms with E-state index in [-0.39, 0.29) is 6.04 Å². The van der Waals surface area contributed by atoms with Crippen LogP contribution < -0.4 is 5.32 Å². The van der Waals surface area contributed by atoms with Crippen molar-refractivity contribution in [2.24, 2.45) is 0 Å². The van der Waals surface area contributed by atoms with Gasteiger partial charge in [0.1, 0.15) is 12.0 Å². The topological polar surface area (TPSA) is 76.7 Å². The second-order valence-corrected chi connectivity index (χ2v) is 3.70. The summed E-state index contributed by atoms with van der Waals surface area (Å²) in [6.07, 6.45) is 5.33. The average molecular weight is 217 g/mol. The van der Waals surface area contributed by atoms with Crippen LogP contribution in [0.25, 0.3) is 11.5 Å². The molecular formula is C10H11N5O. The zero-order valence-corrected chi connectivity index (χ0v) is 8.63. The van der Waals surface area contributed by atoms with Crippen molar-refractivity contribution in [2.45, 2.75) is 18.9 Å². The summed E-state index contributed by atoms with van der Waals surface area (Å²) in [6, 6.07) is 1.96. The fourth-order valence-electron chi connectivity index (χ4n) is 1.80. The molecule has 0 radical (unpaired) electrons. The molecule has 0 amide bonds. The van der Waals surface area contributed by atoms with Gasteiger partial charge in [-0.25, -0.2) is 9.97 Å². The molecular weight excluding hydrogens is 206 g/mol. The Morgan fingerprint density at radius 1 is 1.44 bits per heavy atom. The summed E-state index contributed by atoms with van der Waals surface area (Å²) in [6.45, 7) is 1.01. The van der Waals surface area contributed by atoms with Gasteiger partial charge in [-0.15, -0.1) is 0 Å². The molecule has 0 bridgehead atoms. The summed E-state index contributed by atoms with van der Waals surface area (Å²) in [5, 5.41) is 7.22. The second kappa shape index (κ2) is 3.97. The van der Waals surface area contributed by atoms with Crippen LogP contribution in [0.3, 0.4) is 0 Å². The van der Waals surface area contributed by atoms with Crippen LogP contribution >= 0.6 is 0 Å². The summed E-state index contributed by atoms with van der Waals surface area (Å²) in [4.78, 5) is 12.2. The summed E-state index contributed by atoms with van der Waals surface area (Å²) in [7, 11) is 0. The molecule has 1 saturated heterocycles. The van der Waals surface area contributed by atoms with E-state index in [0.29, 0.717) is 17.4 Å². The van der Waals surface area contributed by atoms with Gasteiger partial charge in [0.15, 0.2) is 0 Å². The van der Waals surface area contributed by atoms with Crippen molar-refractivity contribution in [3.05, 3.63) is 24.5 Å². The van der Waals surface area contributed by atoms with Crippen molar-refractivity contribution in [1.29, 1.82) is 0 Å². The molecule has 0 spiro atoms. The summed E-state index contributed by atoms with van der Waals surface area (Å²) in [5.74, 6) is 1.16. The van der Waals surface area contributed by atoms with E-state index in [1.165, 1.54) is 6.33 Å². The highest BCUT2D eigenvalue weighted by atomic mass is 16.5. The van der Waals surface area contributed by atoms with E-state index < -0.39 is 0 Å². The van der Waals surface area contributed by atoms with E-state index in [4.69, 9.17) is 4.52 Å². The minimum atomic E-state index is 0.197. The number of hydrogen-bond acceptors (Lipinski definition) is 6. The first kappa shape index (κ1) is 9.41. The van der Waals surface area contributed by atoms with Gasteiger partial charge in [0, 0.05) is 6.20 Å². The molecule has 2 aromatic rings. The molecule has 16 heavy (non-hydrogen) atoms. The zero-order chi connectivity index (χ0) is 10.8. The maximum atomic E-state index is 5.22. The van der Waals surface area contributed by atoms with Crippen molar-refractivity contribution in [3.63, 3.8) is 0 Å². The third-order valence-corrected chi connectivity index (χ3v) is 2.61. The fraction of sp³-hybridized carbons (Fsp3) is 0.400. The zero-order valence-electron chi connectivity index (χ0n) is 8.63. The smallest absolute Gasteiger partial charge is 0.244 e. The Labute approximate surface area is 92.1 Å². The van der Waals surface area contributed by atoms with Crippen LogP contribution in [0.5, 0.6) is 0 Å². The normalized spacial score (nSPS) is 20.1. The molecule has 2 aromatic heterocycles. The third kappa shape index (κ3) is 1.67. The van der Waals surface area contributed by atoms with Gasteiger partial charge >= 0.3 is 0 Å². The summed E-state index contributed by atoms with van der Waals surface area (Å²) in [5.41, 5.74) is 0.683. The lowest BCUT2D eigenvalue weighted by Crippen LogP contribution is -2.12. The van der Waals surface area contributed by atoms with Crippen LogP contribution in [0.4, 0.5) is 0 Å². The molecule has 3 heterocycles. The van der Waals surface area contributed by atoms with Gasteiger partial charge in [0.2, 0.25) is 11.7 Å². The fourth-order valence-corrected chi connectivity index (χ4v) is 1.80.